The number of ether oxygens (including phenoxy) is 3. The fourth-order valence-electron chi connectivity index (χ4n) is 4.40. The van der Waals surface area contributed by atoms with Crippen LogP contribution in [-0.2, 0) is 4.79 Å². The average Bonchev–Trinajstić information content (AvgIpc) is 3.36. The van der Waals surface area contributed by atoms with Gasteiger partial charge in [0.05, 0.1) is 33.3 Å². The number of halogens is 1. The lowest BCUT2D eigenvalue weighted by Crippen LogP contribution is -2.21. The number of hydrazone groups is 1. The molecular formula is C26H30ClN5O4S. The van der Waals surface area contributed by atoms with Crippen LogP contribution < -0.4 is 19.6 Å². The number of carbonyl (C=O) groups is 1. The van der Waals surface area contributed by atoms with E-state index in [1.807, 2.05) is 24.3 Å². The van der Waals surface area contributed by atoms with Crippen molar-refractivity contribution in [3.8, 4) is 28.6 Å². The molecule has 3 aromatic rings. The summed E-state index contributed by atoms with van der Waals surface area (Å²) in [5.74, 6) is 2.14. The summed E-state index contributed by atoms with van der Waals surface area (Å²) in [6.45, 7) is 0. The molecule has 0 spiro atoms. The molecule has 2 aromatic carbocycles. The van der Waals surface area contributed by atoms with Crippen LogP contribution >= 0.6 is 23.4 Å². The molecule has 0 unspecified atom stereocenters. The van der Waals surface area contributed by atoms with Crippen molar-refractivity contribution in [1.29, 1.82) is 0 Å². The van der Waals surface area contributed by atoms with Crippen LogP contribution in [0.4, 0.5) is 0 Å². The van der Waals surface area contributed by atoms with Crippen molar-refractivity contribution in [1.82, 2.24) is 20.2 Å². The number of carbonyl (C=O) groups excluding carboxylic acids is 1. The highest BCUT2D eigenvalue weighted by Gasteiger charge is 2.24. The minimum absolute atomic E-state index is 0.145. The Morgan fingerprint density at radius 3 is 2.46 bits per heavy atom. The monoisotopic (exact) mass is 543 g/mol. The van der Waals surface area contributed by atoms with E-state index in [4.69, 9.17) is 25.8 Å². The van der Waals surface area contributed by atoms with Gasteiger partial charge in [0.2, 0.25) is 5.75 Å². The summed E-state index contributed by atoms with van der Waals surface area (Å²) in [5.41, 5.74) is 4.16. The third kappa shape index (κ3) is 6.37. The summed E-state index contributed by atoms with van der Waals surface area (Å²) >= 11 is 7.43. The molecule has 1 amide bonds. The first kappa shape index (κ1) is 26.8. The summed E-state index contributed by atoms with van der Waals surface area (Å²) in [5, 5.41) is 14.4. The first-order valence-corrected chi connectivity index (χ1v) is 13.4. The van der Waals surface area contributed by atoms with E-state index in [9.17, 15) is 4.79 Å². The number of benzene rings is 2. The number of methoxy groups -OCH3 is 3. The number of nitrogens with one attached hydrogen (secondary N) is 1. The summed E-state index contributed by atoms with van der Waals surface area (Å²) in [7, 11) is 4.62. The van der Waals surface area contributed by atoms with Gasteiger partial charge in [0.25, 0.3) is 5.91 Å². The highest BCUT2D eigenvalue weighted by atomic mass is 35.5. The highest BCUT2D eigenvalue weighted by molar-refractivity contribution is 7.99. The predicted molar refractivity (Wildman–Crippen MR) is 145 cm³/mol. The number of amides is 1. The standard InChI is InChI=1S/C26H30ClN5O4S/c1-34-21-14-11-18(23(35-2)24(21)36-3)15-28-29-22(33)16-37-26-31-30-25(17-9-12-19(27)13-10-17)32(26)20-7-5-4-6-8-20/h9-15,20H,4-8,16H2,1-3H3,(H,29,33)/b28-15+. The summed E-state index contributed by atoms with van der Waals surface area (Å²) in [4.78, 5) is 12.6. The third-order valence-electron chi connectivity index (χ3n) is 6.17. The van der Waals surface area contributed by atoms with Gasteiger partial charge in [-0.05, 0) is 49.2 Å². The topological polar surface area (TPSA) is 99.9 Å². The molecule has 1 saturated carbocycles. The van der Waals surface area contributed by atoms with Crippen LogP contribution in [-0.4, -0.2) is 54.0 Å². The lowest BCUT2D eigenvalue weighted by molar-refractivity contribution is -0.118. The van der Waals surface area contributed by atoms with E-state index in [-0.39, 0.29) is 11.7 Å². The molecule has 4 rings (SSSR count). The zero-order valence-electron chi connectivity index (χ0n) is 21.1. The van der Waals surface area contributed by atoms with Gasteiger partial charge in [0, 0.05) is 22.2 Å². The van der Waals surface area contributed by atoms with Gasteiger partial charge < -0.3 is 14.2 Å². The van der Waals surface area contributed by atoms with Crippen LogP contribution in [0.3, 0.4) is 0 Å². The Hall–Kier alpha value is -3.24. The fraction of sp³-hybridized carbons (Fsp3) is 0.385. The molecule has 1 aliphatic rings. The molecule has 0 saturated heterocycles. The summed E-state index contributed by atoms with van der Waals surface area (Å²) in [6, 6.07) is 11.4. The van der Waals surface area contributed by atoms with Crippen LogP contribution in [0.2, 0.25) is 5.02 Å². The lowest BCUT2D eigenvalue weighted by atomic mass is 9.95. The van der Waals surface area contributed by atoms with E-state index in [1.54, 1.807) is 19.2 Å². The van der Waals surface area contributed by atoms with Crippen molar-refractivity contribution >= 4 is 35.5 Å². The van der Waals surface area contributed by atoms with Crippen molar-refractivity contribution < 1.29 is 19.0 Å². The minimum Gasteiger partial charge on any atom is -0.493 e. The SMILES string of the molecule is COc1ccc(/C=N/NC(=O)CSc2nnc(-c3ccc(Cl)cc3)n2C2CCCCC2)c(OC)c1OC. The molecule has 196 valence electrons. The van der Waals surface area contributed by atoms with Crippen molar-refractivity contribution in [3.05, 3.63) is 47.0 Å². The fourth-order valence-corrected chi connectivity index (χ4v) is 5.33. The van der Waals surface area contributed by atoms with Gasteiger partial charge in [-0.2, -0.15) is 5.10 Å². The molecule has 37 heavy (non-hydrogen) atoms. The molecular weight excluding hydrogens is 514 g/mol. The Balaban J connectivity index is 1.45. The van der Waals surface area contributed by atoms with Crippen LogP contribution in [0.1, 0.15) is 43.7 Å². The molecule has 0 bridgehead atoms. The number of rotatable bonds is 10. The van der Waals surface area contributed by atoms with E-state index >= 15 is 0 Å². The quantitative estimate of drug-likeness (QED) is 0.208. The maximum atomic E-state index is 12.6. The number of aromatic nitrogens is 3. The van der Waals surface area contributed by atoms with Crippen LogP contribution in [0.15, 0.2) is 46.7 Å². The maximum Gasteiger partial charge on any atom is 0.250 e. The Bertz CT molecular complexity index is 1240. The van der Waals surface area contributed by atoms with Gasteiger partial charge in [0.1, 0.15) is 0 Å². The normalized spacial score (nSPS) is 14.1. The molecule has 1 fully saturated rings. The van der Waals surface area contributed by atoms with E-state index < -0.39 is 0 Å². The largest absolute Gasteiger partial charge is 0.493 e. The smallest absolute Gasteiger partial charge is 0.250 e. The van der Waals surface area contributed by atoms with Gasteiger partial charge >= 0.3 is 0 Å². The van der Waals surface area contributed by atoms with Crippen molar-refractivity contribution in [2.45, 2.75) is 43.3 Å². The molecule has 0 radical (unpaired) electrons. The molecule has 9 nitrogen and oxygen atoms in total. The van der Waals surface area contributed by atoms with Crippen molar-refractivity contribution in [3.63, 3.8) is 0 Å². The van der Waals surface area contributed by atoms with E-state index in [2.05, 4.69) is 25.3 Å². The van der Waals surface area contributed by atoms with Gasteiger partial charge in [-0.1, -0.05) is 42.6 Å². The molecule has 11 heteroatoms. The predicted octanol–water partition coefficient (Wildman–Crippen LogP) is 5.37. The van der Waals surface area contributed by atoms with E-state index in [0.29, 0.717) is 33.9 Å². The molecule has 1 heterocycles. The van der Waals surface area contributed by atoms with Gasteiger partial charge in [-0.15, -0.1) is 10.2 Å². The number of hydrogen-bond acceptors (Lipinski definition) is 8. The zero-order valence-corrected chi connectivity index (χ0v) is 22.6. The second kappa shape index (κ2) is 12.8. The second-order valence-corrected chi connectivity index (χ2v) is 9.86. The Labute approximate surface area is 225 Å². The summed E-state index contributed by atoms with van der Waals surface area (Å²) < 4.78 is 18.3. The van der Waals surface area contributed by atoms with Crippen LogP contribution in [0.5, 0.6) is 17.2 Å². The Kier molecular flexibility index (Phi) is 9.29. The molecule has 0 aliphatic heterocycles. The molecule has 1 N–H and O–H groups in total. The average molecular weight is 544 g/mol. The second-order valence-electron chi connectivity index (χ2n) is 8.48. The van der Waals surface area contributed by atoms with Gasteiger partial charge in [0.15, 0.2) is 22.5 Å². The van der Waals surface area contributed by atoms with Crippen LogP contribution in [0, 0.1) is 0 Å². The van der Waals surface area contributed by atoms with Crippen LogP contribution in [0.25, 0.3) is 11.4 Å². The minimum atomic E-state index is -0.257. The lowest BCUT2D eigenvalue weighted by Gasteiger charge is -2.25. The Morgan fingerprint density at radius 1 is 1.05 bits per heavy atom. The molecule has 1 aromatic heterocycles. The number of nitrogens with zero attached hydrogens (tertiary/aromatic N) is 4. The summed E-state index contributed by atoms with van der Waals surface area (Å²) in [6.07, 6.45) is 7.21. The zero-order chi connectivity index (χ0) is 26.2. The van der Waals surface area contributed by atoms with Gasteiger partial charge in [-0.3, -0.25) is 9.36 Å². The maximum absolute atomic E-state index is 12.6. The molecule has 1 aliphatic carbocycles. The number of hydrogen-bond donors (Lipinski definition) is 1. The van der Waals surface area contributed by atoms with Gasteiger partial charge in [-0.25, -0.2) is 5.43 Å². The first-order chi connectivity index (χ1) is 18.0. The van der Waals surface area contributed by atoms with Crippen molar-refractivity contribution in [2.24, 2.45) is 5.10 Å². The van der Waals surface area contributed by atoms with E-state index in [1.165, 1.54) is 51.5 Å². The first-order valence-electron chi connectivity index (χ1n) is 12.0. The van der Waals surface area contributed by atoms with E-state index in [0.717, 1.165) is 29.4 Å². The third-order valence-corrected chi connectivity index (χ3v) is 7.36. The number of thioether (sulfide) groups is 1. The van der Waals surface area contributed by atoms with Crippen molar-refractivity contribution in [2.75, 3.05) is 27.1 Å². The Morgan fingerprint density at radius 2 is 1.78 bits per heavy atom. The molecule has 0 atom stereocenters. The highest BCUT2D eigenvalue weighted by Crippen LogP contribution is 2.39.